The summed E-state index contributed by atoms with van der Waals surface area (Å²) in [4.78, 5) is 6.66. The summed E-state index contributed by atoms with van der Waals surface area (Å²) in [6.07, 6.45) is 6.57. The maximum atomic E-state index is 10.4. The van der Waals surface area contributed by atoms with Crippen LogP contribution in [-0.4, -0.2) is 27.6 Å². The maximum Gasteiger partial charge on any atom is 0.0805 e. The molecule has 2 heterocycles. The Morgan fingerprint density at radius 3 is 2.81 bits per heavy atom. The van der Waals surface area contributed by atoms with E-state index in [0.29, 0.717) is 6.04 Å². The van der Waals surface area contributed by atoms with Crippen LogP contribution in [0.25, 0.3) is 0 Å². The predicted molar refractivity (Wildman–Crippen MR) is 83.7 cm³/mol. The Balaban J connectivity index is 1.62. The van der Waals surface area contributed by atoms with Gasteiger partial charge >= 0.3 is 0 Å². The number of likely N-dealkylation sites (tertiary alicyclic amines) is 1. The molecule has 0 radical (unpaired) electrons. The first-order valence-corrected chi connectivity index (χ1v) is 7.69. The largest absolute Gasteiger partial charge is 0.388 e. The van der Waals surface area contributed by atoms with Crippen molar-refractivity contribution in [3.63, 3.8) is 0 Å². The van der Waals surface area contributed by atoms with Crippen LogP contribution in [0.3, 0.4) is 0 Å². The lowest BCUT2D eigenvalue weighted by molar-refractivity contribution is 0.118. The number of benzene rings is 1. The van der Waals surface area contributed by atoms with Gasteiger partial charge in [0.25, 0.3) is 0 Å². The summed E-state index contributed by atoms with van der Waals surface area (Å²) in [5, 5.41) is 10.4. The first kappa shape index (κ1) is 14.2. The lowest BCUT2D eigenvalue weighted by Crippen LogP contribution is -2.30. The molecule has 0 saturated carbocycles. The second-order valence-corrected chi connectivity index (χ2v) is 5.79. The molecule has 1 fully saturated rings. The number of hydrogen-bond donors (Lipinski definition) is 1. The number of pyridine rings is 1. The Hall–Kier alpha value is -1.71. The van der Waals surface area contributed by atoms with Gasteiger partial charge in [0.2, 0.25) is 0 Å². The van der Waals surface area contributed by atoms with Gasteiger partial charge in [0.1, 0.15) is 0 Å². The van der Waals surface area contributed by atoms with E-state index in [4.69, 9.17) is 0 Å². The summed E-state index contributed by atoms with van der Waals surface area (Å²) in [5.74, 6) is 0. The molecule has 21 heavy (non-hydrogen) atoms. The predicted octanol–water partition coefficient (Wildman–Crippen LogP) is 3.17. The number of aliphatic hydroxyl groups is 1. The zero-order chi connectivity index (χ0) is 14.5. The van der Waals surface area contributed by atoms with Gasteiger partial charge < -0.3 is 5.11 Å². The van der Waals surface area contributed by atoms with Crippen LogP contribution in [0, 0.1) is 0 Å². The fraction of sp³-hybridized carbons (Fsp3) is 0.389. The Labute approximate surface area is 126 Å². The van der Waals surface area contributed by atoms with Crippen LogP contribution in [0.1, 0.15) is 36.5 Å². The molecular formula is C18H22N2O. The summed E-state index contributed by atoms with van der Waals surface area (Å²) in [6, 6.07) is 14.5. The minimum absolute atomic E-state index is 0.370. The van der Waals surface area contributed by atoms with E-state index in [1.165, 1.54) is 18.4 Å². The van der Waals surface area contributed by atoms with Gasteiger partial charge in [0.15, 0.2) is 0 Å². The standard InChI is InChI=1S/C18H22N2O/c21-18(16-7-2-1-3-8-16)12-17-9-5-11-20(17)14-15-6-4-10-19-13-15/h1-4,6-8,10,13,17-18,21H,5,9,11-12,14H2/t17-,18-/m0/s1. The highest BCUT2D eigenvalue weighted by Crippen LogP contribution is 2.28. The Morgan fingerprint density at radius 1 is 1.19 bits per heavy atom. The number of aromatic nitrogens is 1. The molecule has 0 bridgehead atoms. The van der Waals surface area contributed by atoms with Crippen LogP contribution in [0.15, 0.2) is 54.9 Å². The van der Waals surface area contributed by atoms with Crippen LogP contribution in [-0.2, 0) is 6.54 Å². The molecular weight excluding hydrogens is 260 g/mol. The topological polar surface area (TPSA) is 36.4 Å². The minimum atomic E-state index is -0.370. The lowest BCUT2D eigenvalue weighted by Gasteiger charge is -2.26. The second kappa shape index (κ2) is 6.83. The van der Waals surface area contributed by atoms with Crippen molar-refractivity contribution >= 4 is 0 Å². The zero-order valence-electron chi connectivity index (χ0n) is 12.2. The molecule has 1 aliphatic rings. The highest BCUT2D eigenvalue weighted by molar-refractivity contribution is 5.17. The first-order chi connectivity index (χ1) is 10.3. The number of nitrogens with zero attached hydrogens (tertiary/aromatic N) is 2. The van der Waals surface area contributed by atoms with E-state index in [2.05, 4.69) is 16.0 Å². The van der Waals surface area contributed by atoms with Crippen molar-refractivity contribution in [3.05, 3.63) is 66.0 Å². The first-order valence-electron chi connectivity index (χ1n) is 7.69. The highest BCUT2D eigenvalue weighted by atomic mass is 16.3. The summed E-state index contributed by atoms with van der Waals surface area (Å²) >= 11 is 0. The van der Waals surface area contributed by atoms with Crippen molar-refractivity contribution in [2.45, 2.75) is 38.0 Å². The van der Waals surface area contributed by atoms with Gasteiger partial charge in [-0.1, -0.05) is 36.4 Å². The second-order valence-electron chi connectivity index (χ2n) is 5.79. The molecule has 1 aromatic heterocycles. The molecule has 0 aliphatic carbocycles. The highest BCUT2D eigenvalue weighted by Gasteiger charge is 2.27. The maximum absolute atomic E-state index is 10.4. The van der Waals surface area contributed by atoms with Crippen molar-refractivity contribution < 1.29 is 5.11 Å². The molecule has 110 valence electrons. The van der Waals surface area contributed by atoms with E-state index in [-0.39, 0.29) is 6.10 Å². The van der Waals surface area contributed by atoms with Crippen molar-refractivity contribution in [2.75, 3.05) is 6.54 Å². The van der Waals surface area contributed by atoms with Crippen LogP contribution in [0.4, 0.5) is 0 Å². The number of hydrogen-bond acceptors (Lipinski definition) is 3. The van der Waals surface area contributed by atoms with Gasteiger partial charge in [-0.2, -0.15) is 0 Å². The molecule has 3 heteroatoms. The molecule has 3 nitrogen and oxygen atoms in total. The average molecular weight is 282 g/mol. The molecule has 1 N–H and O–H groups in total. The fourth-order valence-corrected chi connectivity index (χ4v) is 3.17. The molecule has 3 rings (SSSR count). The summed E-state index contributed by atoms with van der Waals surface area (Å²) < 4.78 is 0. The molecule has 2 aromatic rings. The van der Waals surface area contributed by atoms with Crippen LogP contribution < -0.4 is 0 Å². The summed E-state index contributed by atoms with van der Waals surface area (Å²) in [7, 11) is 0. The van der Waals surface area contributed by atoms with E-state index < -0.39 is 0 Å². The van der Waals surface area contributed by atoms with E-state index >= 15 is 0 Å². The monoisotopic (exact) mass is 282 g/mol. The molecule has 1 aromatic carbocycles. The van der Waals surface area contributed by atoms with Crippen molar-refractivity contribution in [1.29, 1.82) is 0 Å². The smallest absolute Gasteiger partial charge is 0.0805 e. The van der Waals surface area contributed by atoms with E-state index in [9.17, 15) is 5.11 Å². The molecule has 1 aliphatic heterocycles. The third-order valence-electron chi connectivity index (χ3n) is 4.29. The van der Waals surface area contributed by atoms with Crippen LogP contribution in [0.5, 0.6) is 0 Å². The number of aliphatic hydroxyl groups excluding tert-OH is 1. The Morgan fingerprint density at radius 2 is 2.05 bits per heavy atom. The van der Waals surface area contributed by atoms with Crippen LogP contribution in [0.2, 0.25) is 0 Å². The third kappa shape index (κ3) is 3.69. The summed E-state index contributed by atoms with van der Waals surface area (Å²) in [5.41, 5.74) is 2.27. The van der Waals surface area contributed by atoms with Crippen LogP contribution >= 0.6 is 0 Å². The van der Waals surface area contributed by atoms with E-state index in [1.54, 1.807) is 0 Å². The molecule has 1 saturated heterocycles. The molecule has 2 atom stereocenters. The van der Waals surface area contributed by atoms with E-state index in [0.717, 1.165) is 25.1 Å². The quantitative estimate of drug-likeness (QED) is 0.915. The van der Waals surface area contributed by atoms with Gasteiger partial charge in [-0.3, -0.25) is 9.88 Å². The zero-order valence-corrected chi connectivity index (χ0v) is 12.2. The van der Waals surface area contributed by atoms with Gasteiger partial charge in [-0.25, -0.2) is 0 Å². The minimum Gasteiger partial charge on any atom is -0.388 e. The van der Waals surface area contributed by atoms with Gasteiger partial charge in [-0.15, -0.1) is 0 Å². The molecule has 0 unspecified atom stereocenters. The van der Waals surface area contributed by atoms with E-state index in [1.807, 2.05) is 48.8 Å². The normalized spacial score (nSPS) is 20.5. The van der Waals surface area contributed by atoms with Gasteiger partial charge in [0.05, 0.1) is 6.10 Å². The Bertz CT molecular complexity index is 544. The fourth-order valence-electron chi connectivity index (χ4n) is 3.17. The van der Waals surface area contributed by atoms with Crippen molar-refractivity contribution in [1.82, 2.24) is 9.88 Å². The van der Waals surface area contributed by atoms with Gasteiger partial charge in [-0.05, 0) is 43.0 Å². The number of rotatable bonds is 5. The Kier molecular flexibility index (Phi) is 4.63. The van der Waals surface area contributed by atoms with Gasteiger partial charge in [0, 0.05) is 25.0 Å². The molecule has 0 spiro atoms. The van der Waals surface area contributed by atoms with Crippen molar-refractivity contribution in [2.24, 2.45) is 0 Å². The third-order valence-corrected chi connectivity index (χ3v) is 4.29. The lowest BCUT2D eigenvalue weighted by atomic mass is 10.0. The molecule has 0 amide bonds. The van der Waals surface area contributed by atoms with Crippen molar-refractivity contribution in [3.8, 4) is 0 Å². The average Bonchev–Trinajstić information content (AvgIpc) is 2.96. The SMILES string of the molecule is O[C@@H](C[C@@H]1CCCN1Cc1cccnc1)c1ccccc1. The summed E-state index contributed by atoms with van der Waals surface area (Å²) in [6.45, 7) is 2.04.